The molecule has 0 aromatic rings. The summed E-state index contributed by atoms with van der Waals surface area (Å²) in [6, 6.07) is 0. The summed E-state index contributed by atoms with van der Waals surface area (Å²) in [5, 5.41) is 0. The Balaban J connectivity index is 1.43. The average molecular weight is 609 g/mol. The predicted molar refractivity (Wildman–Crippen MR) is 180 cm³/mol. The lowest BCUT2D eigenvalue weighted by Crippen LogP contribution is -2.51. The van der Waals surface area contributed by atoms with E-state index in [4.69, 9.17) is 18.9 Å². The summed E-state index contributed by atoms with van der Waals surface area (Å²) in [6.07, 6.45) is 21.3. The third kappa shape index (κ3) is 10.8. The minimum atomic E-state index is 0.353. The Bertz CT molecular complexity index is 771. The fraction of sp³-hybridized carbons (Fsp3) is 0.946. The lowest BCUT2D eigenvalue weighted by Gasteiger charge is -2.59. The molecule has 0 aromatic carbocycles. The van der Waals surface area contributed by atoms with Gasteiger partial charge in [0, 0.05) is 5.75 Å². The van der Waals surface area contributed by atoms with Crippen molar-refractivity contribution in [1.29, 1.82) is 0 Å². The molecule has 0 saturated heterocycles. The maximum Gasteiger partial charge on any atom is 0.0704 e. The van der Waals surface area contributed by atoms with Gasteiger partial charge in [-0.05, 0) is 98.0 Å². The Morgan fingerprint density at radius 1 is 0.905 bits per heavy atom. The zero-order valence-corrected chi connectivity index (χ0v) is 29.5. The van der Waals surface area contributed by atoms with Gasteiger partial charge in [0.15, 0.2) is 0 Å². The second-order valence-electron chi connectivity index (χ2n) is 14.9. The van der Waals surface area contributed by atoms with Crippen LogP contribution in [0.25, 0.3) is 0 Å². The minimum absolute atomic E-state index is 0.353. The Labute approximate surface area is 265 Å². The summed E-state index contributed by atoms with van der Waals surface area (Å²) in [7, 11) is 0. The molecule has 7 atom stereocenters. The van der Waals surface area contributed by atoms with Gasteiger partial charge in [0.2, 0.25) is 0 Å². The van der Waals surface area contributed by atoms with Crippen molar-refractivity contribution in [2.24, 2.45) is 40.4 Å². The van der Waals surface area contributed by atoms with Gasteiger partial charge in [-0.2, -0.15) is 11.8 Å². The molecule has 0 radical (unpaired) electrons. The van der Waals surface area contributed by atoms with Gasteiger partial charge in [0.1, 0.15) is 0 Å². The number of rotatable bonds is 21. The van der Waals surface area contributed by atoms with E-state index in [9.17, 15) is 0 Å². The van der Waals surface area contributed by atoms with Gasteiger partial charge >= 0.3 is 0 Å². The number of ether oxygens (including phenoxy) is 4. The van der Waals surface area contributed by atoms with Gasteiger partial charge in [0.25, 0.3) is 0 Å². The largest absolute Gasteiger partial charge is 0.378 e. The SMILES string of the molecule is CCCC1C2CC=C3CC(OCCOCCOCCOCCSC)CCC3(C)C2CCC1(C)CC(C)CCCC(C)C. The number of hydrogen-bond donors (Lipinski definition) is 0. The molecule has 0 heterocycles. The summed E-state index contributed by atoms with van der Waals surface area (Å²) >= 11 is 1.80. The van der Waals surface area contributed by atoms with Crippen LogP contribution in [0, 0.1) is 40.4 Å². The molecule has 0 N–H and O–H groups in total. The molecule has 0 aliphatic heterocycles. The minimum Gasteiger partial charge on any atom is -0.378 e. The molecule has 2 fully saturated rings. The molecule has 5 heteroatoms. The van der Waals surface area contributed by atoms with E-state index < -0.39 is 0 Å². The van der Waals surface area contributed by atoms with Crippen LogP contribution in [0.3, 0.4) is 0 Å². The van der Waals surface area contributed by atoms with Crippen LogP contribution in [-0.4, -0.2) is 64.4 Å². The average Bonchev–Trinajstić information content (AvgIpc) is 2.95. The first kappa shape index (κ1) is 36.4. The van der Waals surface area contributed by atoms with Crippen molar-refractivity contribution >= 4 is 11.8 Å². The molecule has 0 spiro atoms. The van der Waals surface area contributed by atoms with Crippen molar-refractivity contribution in [3.8, 4) is 0 Å². The maximum absolute atomic E-state index is 6.35. The standard InChI is InChI=1S/C37H68O4S/c1-8-10-34-33-14-13-31-27-32(41-24-23-39-20-19-38-21-22-40-25-26-42-7)15-18-37(31,6)35(33)16-17-36(34,5)28-30(4)12-9-11-29(2)3/h13,29-30,32-35H,8-12,14-28H2,1-7H3. The molecule has 0 bridgehead atoms. The van der Waals surface area contributed by atoms with Crippen LogP contribution in [0.2, 0.25) is 0 Å². The van der Waals surface area contributed by atoms with E-state index in [1.165, 1.54) is 70.6 Å². The zero-order chi connectivity index (χ0) is 30.4. The van der Waals surface area contributed by atoms with Crippen LogP contribution in [0.1, 0.15) is 119 Å². The number of thioether (sulfide) groups is 1. The van der Waals surface area contributed by atoms with Crippen molar-refractivity contribution in [2.75, 3.05) is 58.3 Å². The van der Waals surface area contributed by atoms with Crippen LogP contribution in [0.15, 0.2) is 11.6 Å². The van der Waals surface area contributed by atoms with E-state index in [0.717, 1.165) is 48.4 Å². The molecule has 3 aliphatic rings. The van der Waals surface area contributed by atoms with E-state index in [1.807, 2.05) is 0 Å². The van der Waals surface area contributed by atoms with E-state index in [-0.39, 0.29) is 0 Å². The Morgan fingerprint density at radius 3 is 2.26 bits per heavy atom. The van der Waals surface area contributed by atoms with Crippen LogP contribution in [0.4, 0.5) is 0 Å². The highest BCUT2D eigenvalue weighted by Crippen LogP contribution is 2.63. The van der Waals surface area contributed by atoms with Crippen LogP contribution in [-0.2, 0) is 18.9 Å². The topological polar surface area (TPSA) is 36.9 Å². The molecule has 246 valence electrons. The maximum atomic E-state index is 6.35. The lowest BCUT2D eigenvalue weighted by atomic mass is 9.46. The van der Waals surface area contributed by atoms with Gasteiger partial charge in [-0.3, -0.25) is 0 Å². The van der Waals surface area contributed by atoms with Crippen molar-refractivity contribution < 1.29 is 18.9 Å². The molecule has 7 unspecified atom stereocenters. The number of hydrogen-bond acceptors (Lipinski definition) is 5. The molecule has 3 rings (SSSR count). The van der Waals surface area contributed by atoms with Gasteiger partial charge in [0.05, 0.1) is 52.4 Å². The van der Waals surface area contributed by atoms with Gasteiger partial charge < -0.3 is 18.9 Å². The number of fused-ring (bicyclic) bond motifs is 3. The highest BCUT2D eigenvalue weighted by Gasteiger charge is 2.54. The fourth-order valence-corrected chi connectivity index (χ4v) is 9.31. The molecule has 2 saturated carbocycles. The van der Waals surface area contributed by atoms with Crippen molar-refractivity contribution in [3.63, 3.8) is 0 Å². The molecule has 3 aliphatic carbocycles. The van der Waals surface area contributed by atoms with E-state index in [2.05, 4.69) is 53.9 Å². The summed E-state index contributed by atoms with van der Waals surface area (Å²) in [5.41, 5.74) is 2.62. The Hall–Kier alpha value is -0.0700. The quantitative estimate of drug-likeness (QED) is 0.0958. The predicted octanol–water partition coefficient (Wildman–Crippen LogP) is 9.61. The smallest absolute Gasteiger partial charge is 0.0704 e. The van der Waals surface area contributed by atoms with Crippen molar-refractivity contribution in [3.05, 3.63) is 11.6 Å². The lowest BCUT2D eigenvalue weighted by molar-refractivity contribution is -0.0729. The summed E-state index contributed by atoms with van der Waals surface area (Å²) < 4.78 is 23.2. The normalized spacial score (nSPS) is 32.0. The summed E-state index contributed by atoms with van der Waals surface area (Å²) in [6.45, 7) is 19.7. The van der Waals surface area contributed by atoms with Crippen molar-refractivity contribution in [1.82, 2.24) is 0 Å². The van der Waals surface area contributed by atoms with E-state index >= 15 is 0 Å². The molecular formula is C37H68O4S. The highest BCUT2D eigenvalue weighted by atomic mass is 32.2. The van der Waals surface area contributed by atoms with Gasteiger partial charge in [-0.15, -0.1) is 0 Å². The fourth-order valence-electron chi connectivity index (χ4n) is 9.02. The second-order valence-corrected chi connectivity index (χ2v) is 15.9. The van der Waals surface area contributed by atoms with Crippen LogP contribution < -0.4 is 0 Å². The molecule has 0 amide bonds. The highest BCUT2D eigenvalue weighted by molar-refractivity contribution is 7.98. The Morgan fingerprint density at radius 2 is 1.60 bits per heavy atom. The first-order valence-corrected chi connectivity index (χ1v) is 19.2. The monoisotopic (exact) mass is 608 g/mol. The first-order chi connectivity index (χ1) is 20.2. The zero-order valence-electron chi connectivity index (χ0n) is 28.7. The summed E-state index contributed by atoms with van der Waals surface area (Å²) in [5.74, 6) is 5.34. The molecule has 0 aromatic heterocycles. The summed E-state index contributed by atoms with van der Waals surface area (Å²) in [4.78, 5) is 0. The van der Waals surface area contributed by atoms with Crippen LogP contribution in [0.5, 0.6) is 0 Å². The van der Waals surface area contributed by atoms with E-state index in [0.29, 0.717) is 56.6 Å². The Kier molecular flexibility index (Phi) is 16.3. The van der Waals surface area contributed by atoms with Gasteiger partial charge in [-0.1, -0.05) is 78.9 Å². The molecule has 42 heavy (non-hydrogen) atoms. The van der Waals surface area contributed by atoms with Crippen LogP contribution >= 0.6 is 11.8 Å². The third-order valence-electron chi connectivity index (χ3n) is 11.2. The molecule has 4 nitrogen and oxygen atoms in total. The van der Waals surface area contributed by atoms with Crippen molar-refractivity contribution in [2.45, 2.75) is 125 Å². The first-order valence-electron chi connectivity index (χ1n) is 17.8. The third-order valence-corrected chi connectivity index (χ3v) is 11.8. The van der Waals surface area contributed by atoms with Gasteiger partial charge in [-0.25, -0.2) is 0 Å². The second kappa shape index (κ2) is 18.8. The van der Waals surface area contributed by atoms with E-state index in [1.54, 1.807) is 17.3 Å². The molecular weight excluding hydrogens is 540 g/mol. The number of allylic oxidation sites excluding steroid dienone is 1.